The number of H-pyrrole nitrogens is 1. The Bertz CT molecular complexity index is 621. The Morgan fingerprint density at radius 1 is 1.29 bits per heavy atom. The molecule has 1 heterocycles. The molecule has 0 atom stereocenters. The van der Waals surface area contributed by atoms with E-state index in [2.05, 4.69) is 20.6 Å². The summed E-state index contributed by atoms with van der Waals surface area (Å²) in [6, 6.07) is 1.25. The molecule has 0 spiro atoms. The maximum atomic E-state index is 11.7. The molecule has 2 amide bonds. The quantitative estimate of drug-likeness (QED) is 0.605. The van der Waals surface area contributed by atoms with Crippen molar-refractivity contribution in [3.63, 3.8) is 0 Å². The number of amides is 2. The summed E-state index contributed by atoms with van der Waals surface area (Å²) in [6.45, 7) is 6.04. The molecule has 9 nitrogen and oxygen atoms in total. The predicted molar refractivity (Wildman–Crippen MR) is 86.5 cm³/mol. The van der Waals surface area contributed by atoms with E-state index in [1.807, 2.05) is 0 Å². The molecule has 0 aliphatic rings. The van der Waals surface area contributed by atoms with E-state index in [0.29, 0.717) is 18.8 Å². The molecule has 1 aromatic rings. The Morgan fingerprint density at radius 3 is 2.62 bits per heavy atom. The topological polar surface area (TPSA) is 122 Å². The van der Waals surface area contributed by atoms with Crippen molar-refractivity contribution < 1.29 is 19.1 Å². The van der Waals surface area contributed by atoms with E-state index >= 15 is 0 Å². The molecule has 24 heavy (non-hydrogen) atoms. The van der Waals surface area contributed by atoms with Gasteiger partial charge in [0, 0.05) is 19.7 Å². The van der Waals surface area contributed by atoms with Crippen LogP contribution in [0, 0.1) is 0 Å². The molecule has 0 saturated carbocycles. The number of carbonyl (C=O) groups is 2. The number of rotatable bonds is 7. The standard InChI is InChI=1S/C15H24N4O5/c1-15(2,3)24-14(22)17-9-10-7-13(21)19-11(18-10)8-12(20)16-5-6-23-4/h7H,5-6,8-9H2,1-4H3,(H,16,20)(H,17,22)(H,18,19,21). The van der Waals surface area contributed by atoms with Crippen LogP contribution in [0.5, 0.6) is 0 Å². The molecule has 0 unspecified atom stereocenters. The smallest absolute Gasteiger partial charge is 0.407 e. The van der Waals surface area contributed by atoms with Crippen LogP contribution >= 0.6 is 0 Å². The zero-order valence-corrected chi connectivity index (χ0v) is 14.4. The van der Waals surface area contributed by atoms with Gasteiger partial charge in [-0.1, -0.05) is 0 Å². The zero-order valence-electron chi connectivity index (χ0n) is 14.4. The van der Waals surface area contributed by atoms with Crippen molar-refractivity contribution in [2.45, 2.75) is 39.3 Å². The lowest BCUT2D eigenvalue weighted by Gasteiger charge is -2.19. The Kier molecular flexibility index (Phi) is 7.37. The number of hydrogen-bond donors (Lipinski definition) is 3. The molecule has 0 fully saturated rings. The van der Waals surface area contributed by atoms with Crippen molar-refractivity contribution in [2.75, 3.05) is 20.3 Å². The van der Waals surface area contributed by atoms with Gasteiger partial charge in [-0.25, -0.2) is 9.78 Å². The maximum Gasteiger partial charge on any atom is 0.407 e. The van der Waals surface area contributed by atoms with Crippen LogP contribution in [0.15, 0.2) is 10.9 Å². The second-order valence-electron chi connectivity index (χ2n) is 6.06. The summed E-state index contributed by atoms with van der Waals surface area (Å²) >= 11 is 0. The molecular formula is C15H24N4O5. The third-order valence-electron chi connectivity index (χ3n) is 2.61. The second kappa shape index (κ2) is 9.02. The first-order valence-corrected chi connectivity index (χ1v) is 7.51. The highest BCUT2D eigenvalue weighted by atomic mass is 16.6. The number of hydrogen-bond acceptors (Lipinski definition) is 6. The van der Waals surface area contributed by atoms with Gasteiger partial charge in [0.15, 0.2) is 0 Å². The molecule has 0 aliphatic carbocycles. The fraction of sp³-hybridized carbons (Fsp3) is 0.600. The maximum absolute atomic E-state index is 11.7. The van der Waals surface area contributed by atoms with Crippen LogP contribution in [0.4, 0.5) is 4.79 Å². The van der Waals surface area contributed by atoms with Gasteiger partial charge in [-0.05, 0) is 20.8 Å². The SMILES string of the molecule is COCCNC(=O)Cc1nc(CNC(=O)OC(C)(C)C)cc(=O)[nH]1. The number of nitrogens with one attached hydrogen (secondary N) is 3. The minimum absolute atomic E-state index is 0.0249. The summed E-state index contributed by atoms with van der Waals surface area (Å²) in [5.74, 6) is -0.0640. The van der Waals surface area contributed by atoms with Gasteiger partial charge in [-0.15, -0.1) is 0 Å². The highest BCUT2D eigenvalue weighted by molar-refractivity contribution is 5.77. The summed E-state index contributed by atoms with van der Waals surface area (Å²) in [5.41, 5.74) is -0.674. The summed E-state index contributed by atoms with van der Waals surface area (Å²) in [4.78, 5) is 41.6. The van der Waals surface area contributed by atoms with Crippen LogP contribution in [0.2, 0.25) is 0 Å². The Balaban J connectivity index is 2.61. The van der Waals surface area contributed by atoms with Gasteiger partial charge in [0.25, 0.3) is 5.56 Å². The van der Waals surface area contributed by atoms with E-state index in [-0.39, 0.29) is 24.7 Å². The van der Waals surface area contributed by atoms with E-state index in [1.54, 1.807) is 20.8 Å². The molecule has 0 aromatic carbocycles. The lowest BCUT2D eigenvalue weighted by Crippen LogP contribution is -2.33. The molecule has 0 radical (unpaired) electrons. The van der Waals surface area contributed by atoms with E-state index in [1.165, 1.54) is 13.2 Å². The van der Waals surface area contributed by atoms with Crippen LogP contribution in [0.3, 0.4) is 0 Å². The molecular weight excluding hydrogens is 316 g/mol. The average Bonchev–Trinajstić information content (AvgIpc) is 2.43. The fourth-order valence-corrected chi connectivity index (χ4v) is 1.72. The number of methoxy groups -OCH3 is 1. The number of aromatic nitrogens is 2. The lowest BCUT2D eigenvalue weighted by molar-refractivity contribution is -0.120. The molecule has 1 rings (SSSR count). The van der Waals surface area contributed by atoms with Crippen LogP contribution in [-0.4, -0.2) is 47.8 Å². The monoisotopic (exact) mass is 340 g/mol. The summed E-state index contributed by atoms with van der Waals surface area (Å²) in [5, 5.41) is 5.14. The zero-order chi connectivity index (χ0) is 18.2. The van der Waals surface area contributed by atoms with Crippen LogP contribution < -0.4 is 16.2 Å². The van der Waals surface area contributed by atoms with Gasteiger partial charge >= 0.3 is 6.09 Å². The minimum atomic E-state index is -0.614. The number of alkyl carbamates (subject to hydrolysis) is 1. The minimum Gasteiger partial charge on any atom is -0.444 e. The van der Waals surface area contributed by atoms with Gasteiger partial charge < -0.3 is 25.1 Å². The van der Waals surface area contributed by atoms with Crippen molar-refractivity contribution in [1.82, 2.24) is 20.6 Å². The highest BCUT2D eigenvalue weighted by Gasteiger charge is 2.16. The molecule has 0 aliphatic heterocycles. The second-order valence-corrected chi connectivity index (χ2v) is 6.06. The van der Waals surface area contributed by atoms with Crippen LogP contribution in [0.1, 0.15) is 32.3 Å². The van der Waals surface area contributed by atoms with Gasteiger partial charge in [0.1, 0.15) is 11.4 Å². The molecule has 3 N–H and O–H groups in total. The Morgan fingerprint density at radius 2 is 2.00 bits per heavy atom. The van der Waals surface area contributed by atoms with E-state index in [9.17, 15) is 14.4 Å². The van der Waals surface area contributed by atoms with Crippen molar-refractivity contribution in [3.05, 3.63) is 27.9 Å². The third-order valence-corrected chi connectivity index (χ3v) is 2.61. The number of aromatic amines is 1. The van der Waals surface area contributed by atoms with Crippen molar-refractivity contribution in [1.29, 1.82) is 0 Å². The predicted octanol–water partition coefficient (Wildman–Crippen LogP) is 0.0997. The van der Waals surface area contributed by atoms with Gasteiger partial charge in [0.2, 0.25) is 5.91 Å². The lowest BCUT2D eigenvalue weighted by atomic mass is 10.2. The fourth-order valence-electron chi connectivity index (χ4n) is 1.72. The average molecular weight is 340 g/mol. The van der Waals surface area contributed by atoms with Gasteiger partial charge in [0.05, 0.1) is 25.3 Å². The van der Waals surface area contributed by atoms with Crippen molar-refractivity contribution in [2.24, 2.45) is 0 Å². The number of nitrogens with zero attached hydrogens (tertiary/aromatic N) is 1. The highest BCUT2D eigenvalue weighted by Crippen LogP contribution is 2.06. The molecule has 0 bridgehead atoms. The van der Waals surface area contributed by atoms with Crippen molar-refractivity contribution in [3.8, 4) is 0 Å². The van der Waals surface area contributed by atoms with E-state index in [4.69, 9.17) is 9.47 Å². The number of carbonyl (C=O) groups excluding carboxylic acids is 2. The van der Waals surface area contributed by atoms with E-state index < -0.39 is 17.3 Å². The Labute approximate surface area is 140 Å². The largest absolute Gasteiger partial charge is 0.444 e. The third kappa shape index (κ3) is 8.28. The molecule has 0 saturated heterocycles. The summed E-state index contributed by atoms with van der Waals surface area (Å²) in [7, 11) is 1.53. The van der Waals surface area contributed by atoms with Crippen LogP contribution in [0.25, 0.3) is 0 Å². The molecule has 134 valence electrons. The molecule has 9 heteroatoms. The van der Waals surface area contributed by atoms with Crippen molar-refractivity contribution >= 4 is 12.0 Å². The first kappa shape index (κ1) is 19.6. The normalized spacial score (nSPS) is 11.0. The van der Waals surface area contributed by atoms with Crippen LogP contribution in [-0.2, 0) is 27.2 Å². The summed E-state index contributed by atoms with van der Waals surface area (Å²) < 4.78 is 9.93. The van der Waals surface area contributed by atoms with Gasteiger partial charge in [-0.2, -0.15) is 0 Å². The van der Waals surface area contributed by atoms with Gasteiger partial charge in [-0.3, -0.25) is 9.59 Å². The Hall–Kier alpha value is -2.42. The molecule has 1 aromatic heterocycles. The number of ether oxygens (including phenoxy) is 2. The first-order chi connectivity index (χ1) is 11.2. The van der Waals surface area contributed by atoms with E-state index in [0.717, 1.165) is 0 Å². The summed E-state index contributed by atoms with van der Waals surface area (Å²) in [6.07, 6.45) is -0.678. The first-order valence-electron chi connectivity index (χ1n) is 7.51.